The van der Waals surface area contributed by atoms with Crippen LogP contribution >= 0.6 is 11.3 Å². The van der Waals surface area contributed by atoms with Crippen molar-refractivity contribution in [1.29, 1.82) is 5.26 Å². The van der Waals surface area contributed by atoms with Gasteiger partial charge in [-0.25, -0.2) is 4.98 Å². The van der Waals surface area contributed by atoms with E-state index < -0.39 is 0 Å². The Bertz CT molecular complexity index is 512. The fraction of sp³-hybridized carbons (Fsp3) is 0.167. The number of hydrogen-bond donors (Lipinski definition) is 1. The minimum atomic E-state index is 0.623. The van der Waals surface area contributed by atoms with Gasteiger partial charge in [0.25, 0.3) is 0 Å². The molecular formula is C12H11N3S. The van der Waals surface area contributed by atoms with Crippen molar-refractivity contribution in [2.24, 2.45) is 0 Å². The number of rotatable bonds is 3. The van der Waals surface area contributed by atoms with E-state index >= 15 is 0 Å². The second-order valence-electron chi connectivity index (χ2n) is 3.45. The topological polar surface area (TPSA) is 48.7 Å². The molecule has 0 saturated carbocycles. The molecule has 0 saturated heterocycles. The molecule has 2 rings (SSSR count). The monoisotopic (exact) mass is 229 g/mol. The molecule has 1 N–H and O–H groups in total. The predicted octanol–water partition coefficient (Wildman–Crippen LogP) is 2.94. The standard InChI is InChI=1S/C12H11N3S/c1-9-2-4-14-12(11(9)6-13)15-7-10-3-5-16-8-10/h2-5,8H,7H2,1H3,(H,14,15). The molecule has 3 nitrogen and oxygen atoms in total. The zero-order valence-corrected chi connectivity index (χ0v) is 9.71. The van der Waals surface area contributed by atoms with Crippen LogP contribution in [0, 0.1) is 18.3 Å². The highest BCUT2D eigenvalue weighted by atomic mass is 32.1. The third-order valence-corrected chi connectivity index (χ3v) is 3.04. The van der Waals surface area contributed by atoms with Crippen LogP contribution in [0.2, 0.25) is 0 Å². The number of hydrogen-bond acceptors (Lipinski definition) is 4. The number of aryl methyl sites for hydroxylation is 1. The maximum atomic E-state index is 9.03. The molecular weight excluding hydrogens is 218 g/mol. The molecule has 16 heavy (non-hydrogen) atoms. The number of thiophene rings is 1. The zero-order chi connectivity index (χ0) is 11.4. The molecule has 0 radical (unpaired) electrons. The van der Waals surface area contributed by atoms with Gasteiger partial charge in [0.2, 0.25) is 0 Å². The highest BCUT2D eigenvalue weighted by Gasteiger charge is 2.05. The molecule has 0 aromatic carbocycles. The summed E-state index contributed by atoms with van der Waals surface area (Å²) in [6.07, 6.45) is 1.71. The average molecular weight is 229 g/mol. The molecule has 0 aliphatic carbocycles. The van der Waals surface area contributed by atoms with Crippen LogP contribution in [0.3, 0.4) is 0 Å². The normalized spacial score (nSPS) is 9.75. The number of nitrogens with zero attached hydrogens (tertiary/aromatic N) is 2. The third kappa shape index (κ3) is 2.20. The Morgan fingerprint density at radius 2 is 2.38 bits per heavy atom. The molecule has 0 fully saturated rings. The first-order chi connectivity index (χ1) is 7.81. The smallest absolute Gasteiger partial charge is 0.144 e. The Labute approximate surface area is 98.4 Å². The van der Waals surface area contributed by atoms with Crippen LogP contribution in [-0.4, -0.2) is 4.98 Å². The van der Waals surface area contributed by atoms with Gasteiger partial charge in [0, 0.05) is 12.7 Å². The molecule has 2 aromatic heterocycles. The maximum Gasteiger partial charge on any atom is 0.144 e. The zero-order valence-electron chi connectivity index (χ0n) is 8.90. The van der Waals surface area contributed by atoms with Gasteiger partial charge in [0.05, 0.1) is 5.56 Å². The van der Waals surface area contributed by atoms with E-state index in [1.807, 2.05) is 18.4 Å². The van der Waals surface area contributed by atoms with Gasteiger partial charge in [-0.3, -0.25) is 0 Å². The highest BCUT2D eigenvalue weighted by molar-refractivity contribution is 7.07. The molecule has 0 atom stereocenters. The minimum Gasteiger partial charge on any atom is -0.365 e. The molecule has 0 spiro atoms. The number of aromatic nitrogens is 1. The van der Waals surface area contributed by atoms with Gasteiger partial charge < -0.3 is 5.32 Å². The van der Waals surface area contributed by atoms with Gasteiger partial charge in [0.15, 0.2) is 0 Å². The fourth-order valence-electron chi connectivity index (χ4n) is 1.41. The molecule has 0 unspecified atom stereocenters. The van der Waals surface area contributed by atoms with Crippen molar-refractivity contribution in [1.82, 2.24) is 4.98 Å². The van der Waals surface area contributed by atoms with E-state index in [0.717, 1.165) is 5.56 Å². The van der Waals surface area contributed by atoms with Crippen molar-refractivity contribution in [3.8, 4) is 6.07 Å². The van der Waals surface area contributed by atoms with Gasteiger partial charge in [-0.05, 0) is 40.9 Å². The van der Waals surface area contributed by atoms with Gasteiger partial charge >= 0.3 is 0 Å². The van der Waals surface area contributed by atoms with Gasteiger partial charge in [0.1, 0.15) is 11.9 Å². The molecule has 0 aliphatic rings. The first kappa shape index (κ1) is 10.7. The number of nitrogens with one attached hydrogen (secondary N) is 1. The Morgan fingerprint density at radius 1 is 1.50 bits per heavy atom. The van der Waals surface area contributed by atoms with Crippen LogP contribution in [-0.2, 0) is 6.54 Å². The van der Waals surface area contributed by atoms with Crippen molar-refractivity contribution in [3.05, 3.63) is 45.8 Å². The fourth-order valence-corrected chi connectivity index (χ4v) is 2.08. The molecule has 0 aliphatic heterocycles. The van der Waals surface area contributed by atoms with Gasteiger partial charge in [-0.15, -0.1) is 0 Å². The van der Waals surface area contributed by atoms with Crippen LogP contribution in [0.25, 0.3) is 0 Å². The molecule has 0 amide bonds. The average Bonchev–Trinajstić information content (AvgIpc) is 2.79. The first-order valence-corrected chi connectivity index (χ1v) is 5.86. The van der Waals surface area contributed by atoms with Crippen LogP contribution in [0.1, 0.15) is 16.7 Å². The summed E-state index contributed by atoms with van der Waals surface area (Å²) in [5.74, 6) is 0.661. The van der Waals surface area contributed by atoms with Crippen LogP contribution in [0.5, 0.6) is 0 Å². The SMILES string of the molecule is Cc1ccnc(NCc2ccsc2)c1C#N. The van der Waals surface area contributed by atoms with Gasteiger partial charge in [-0.1, -0.05) is 0 Å². The van der Waals surface area contributed by atoms with Crippen LogP contribution < -0.4 is 5.32 Å². The summed E-state index contributed by atoms with van der Waals surface area (Å²) in [5.41, 5.74) is 2.78. The van der Waals surface area contributed by atoms with E-state index in [0.29, 0.717) is 17.9 Å². The van der Waals surface area contributed by atoms with Crippen LogP contribution in [0.4, 0.5) is 5.82 Å². The van der Waals surface area contributed by atoms with Gasteiger partial charge in [-0.2, -0.15) is 16.6 Å². The van der Waals surface area contributed by atoms with E-state index in [4.69, 9.17) is 5.26 Å². The lowest BCUT2D eigenvalue weighted by Crippen LogP contribution is -2.03. The number of nitriles is 1. The summed E-state index contributed by atoms with van der Waals surface area (Å²) in [6, 6.07) is 6.07. The maximum absolute atomic E-state index is 9.03. The largest absolute Gasteiger partial charge is 0.365 e. The molecule has 4 heteroatoms. The number of anilines is 1. The second-order valence-corrected chi connectivity index (χ2v) is 4.23. The summed E-state index contributed by atoms with van der Waals surface area (Å²) < 4.78 is 0. The van der Waals surface area contributed by atoms with Crippen molar-refractivity contribution in [3.63, 3.8) is 0 Å². The van der Waals surface area contributed by atoms with E-state index in [-0.39, 0.29) is 0 Å². The summed E-state index contributed by atoms with van der Waals surface area (Å²) >= 11 is 1.66. The summed E-state index contributed by atoms with van der Waals surface area (Å²) in [6.45, 7) is 2.62. The van der Waals surface area contributed by atoms with Crippen molar-refractivity contribution in [2.75, 3.05) is 5.32 Å². The lowest BCUT2D eigenvalue weighted by molar-refractivity contribution is 1.11. The van der Waals surface area contributed by atoms with E-state index in [1.54, 1.807) is 17.5 Å². The third-order valence-electron chi connectivity index (χ3n) is 2.31. The molecule has 80 valence electrons. The van der Waals surface area contributed by atoms with E-state index in [1.165, 1.54) is 5.56 Å². The quantitative estimate of drug-likeness (QED) is 0.880. The second kappa shape index (κ2) is 4.77. The minimum absolute atomic E-state index is 0.623. The summed E-state index contributed by atoms with van der Waals surface area (Å²) in [7, 11) is 0. The molecule has 0 bridgehead atoms. The summed E-state index contributed by atoms with van der Waals surface area (Å²) in [4.78, 5) is 4.18. The molecule has 2 heterocycles. The Morgan fingerprint density at radius 3 is 3.06 bits per heavy atom. The Hall–Kier alpha value is -1.86. The van der Waals surface area contributed by atoms with Crippen LogP contribution in [0.15, 0.2) is 29.1 Å². The van der Waals surface area contributed by atoms with Crippen molar-refractivity contribution in [2.45, 2.75) is 13.5 Å². The predicted molar refractivity (Wildman–Crippen MR) is 65.3 cm³/mol. The highest BCUT2D eigenvalue weighted by Crippen LogP contribution is 2.16. The van der Waals surface area contributed by atoms with E-state index in [9.17, 15) is 0 Å². The van der Waals surface area contributed by atoms with E-state index in [2.05, 4.69) is 27.8 Å². The van der Waals surface area contributed by atoms with Crippen molar-refractivity contribution < 1.29 is 0 Å². The lowest BCUT2D eigenvalue weighted by atomic mass is 10.1. The first-order valence-electron chi connectivity index (χ1n) is 4.92. The Balaban J connectivity index is 2.16. The summed E-state index contributed by atoms with van der Waals surface area (Å²) in [5, 5.41) is 16.3. The Kier molecular flexibility index (Phi) is 3.18. The molecule has 2 aromatic rings. The lowest BCUT2D eigenvalue weighted by Gasteiger charge is -2.07. The van der Waals surface area contributed by atoms with Crippen molar-refractivity contribution >= 4 is 17.2 Å². The number of pyridine rings is 1.